The van der Waals surface area contributed by atoms with Gasteiger partial charge < -0.3 is 0 Å². The minimum absolute atomic E-state index is 0.199. The van der Waals surface area contributed by atoms with Gasteiger partial charge in [-0.15, -0.1) is 0 Å². The van der Waals surface area contributed by atoms with Gasteiger partial charge in [-0.2, -0.15) is 0 Å². The Morgan fingerprint density at radius 2 is 2.00 bits per heavy atom. The zero-order valence-electron chi connectivity index (χ0n) is 4.97. The van der Waals surface area contributed by atoms with E-state index in [2.05, 4.69) is 15.9 Å². The highest BCUT2D eigenvalue weighted by Crippen LogP contribution is 2.30. The fourth-order valence-electron chi connectivity index (χ4n) is 0.544. The van der Waals surface area contributed by atoms with Gasteiger partial charge in [-0.05, 0) is 44.6 Å². The second-order valence-corrected chi connectivity index (χ2v) is 4.12. The van der Waals surface area contributed by atoms with E-state index in [1.165, 1.54) is 0 Å². The molecule has 0 bridgehead atoms. The van der Waals surface area contributed by atoms with Crippen molar-refractivity contribution in [2.45, 2.75) is 0 Å². The lowest BCUT2D eigenvalue weighted by molar-refractivity contribution is 0.578. The van der Waals surface area contributed by atoms with E-state index in [4.69, 9.17) is 11.6 Å². The predicted molar refractivity (Wildman–Crippen MR) is 51.8 cm³/mol. The molecule has 5 heteroatoms. The summed E-state index contributed by atoms with van der Waals surface area (Å²) in [6.07, 6.45) is 0. The summed E-state index contributed by atoms with van der Waals surface area (Å²) in [6.45, 7) is 0. The maximum Gasteiger partial charge on any atom is 0.160 e. The Morgan fingerprint density at radius 1 is 1.45 bits per heavy atom. The van der Waals surface area contributed by atoms with E-state index in [-0.39, 0.29) is 4.47 Å². The molecule has 0 aromatic heterocycles. The largest absolute Gasteiger partial charge is 0.205 e. The molecule has 1 rings (SSSR count). The first-order valence-corrected chi connectivity index (χ1v) is 4.77. The zero-order valence-corrected chi connectivity index (χ0v) is 9.47. The van der Waals surface area contributed by atoms with Gasteiger partial charge in [0.2, 0.25) is 0 Å². The third-order valence-electron chi connectivity index (χ3n) is 1.06. The van der Waals surface area contributed by atoms with Crippen LogP contribution in [0.4, 0.5) is 8.78 Å². The molecule has 0 N–H and O–H groups in total. The second kappa shape index (κ2) is 3.53. The number of hydrogen-bond donors (Lipinski definition) is 0. The smallest absolute Gasteiger partial charge is 0.160 e. The second-order valence-electron chi connectivity index (χ2n) is 1.78. The van der Waals surface area contributed by atoms with Crippen LogP contribution in [0.1, 0.15) is 0 Å². The summed E-state index contributed by atoms with van der Waals surface area (Å²) in [7, 11) is 0. The summed E-state index contributed by atoms with van der Waals surface area (Å²) in [4.78, 5) is 0. The lowest BCUT2D eigenvalue weighted by Gasteiger charge is -2.00. The molecule has 1 aromatic rings. The molecule has 0 fully saturated rings. The van der Waals surface area contributed by atoms with E-state index in [9.17, 15) is 8.78 Å². The van der Waals surface area contributed by atoms with Gasteiger partial charge >= 0.3 is 0 Å². The van der Waals surface area contributed by atoms with Crippen molar-refractivity contribution >= 4 is 50.1 Å². The van der Waals surface area contributed by atoms with Crippen molar-refractivity contribution in [2.75, 3.05) is 0 Å². The molecule has 0 heterocycles. The Bertz CT molecular complexity index is 277. The van der Waals surface area contributed by atoms with E-state index in [1.807, 2.05) is 0 Å². The van der Waals surface area contributed by atoms with Gasteiger partial charge in [0.15, 0.2) is 5.82 Å². The topological polar surface area (TPSA) is 0 Å². The normalized spacial score (nSPS) is 10.3. The van der Waals surface area contributed by atoms with E-state index in [1.54, 1.807) is 22.6 Å². The van der Waals surface area contributed by atoms with E-state index < -0.39 is 16.7 Å². The van der Waals surface area contributed by atoms with Crippen LogP contribution in [0.25, 0.3) is 0 Å². The van der Waals surface area contributed by atoms with Crippen LogP contribution >= 0.6 is 50.1 Å². The lowest BCUT2D eigenvalue weighted by Crippen LogP contribution is -1.88. The van der Waals surface area contributed by atoms with Gasteiger partial charge in [0.25, 0.3) is 0 Å². The Balaban J connectivity index is 3.46. The Morgan fingerprint density at radius 3 is 2.55 bits per heavy atom. The quantitative estimate of drug-likeness (QED) is 0.376. The molecule has 0 saturated heterocycles. The van der Waals surface area contributed by atoms with Crippen molar-refractivity contribution in [3.05, 3.63) is 30.8 Å². The first kappa shape index (κ1) is 9.67. The van der Waals surface area contributed by atoms with Gasteiger partial charge in [-0.3, -0.25) is 0 Å². The van der Waals surface area contributed by atoms with Crippen LogP contribution in [0.3, 0.4) is 0 Å². The number of benzene rings is 1. The molecule has 0 atom stereocenters. The van der Waals surface area contributed by atoms with Gasteiger partial charge in [0.05, 0.1) is 4.47 Å². The molecule has 0 saturated carbocycles. The maximum atomic E-state index is 12.8. The molecule has 0 spiro atoms. The minimum atomic E-state index is -0.754. The van der Waals surface area contributed by atoms with E-state index in [0.29, 0.717) is 3.57 Å². The molecule has 11 heavy (non-hydrogen) atoms. The summed E-state index contributed by atoms with van der Waals surface area (Å²) < 4.78 is 26.1. The molecule has 0 radical (unpaired) electrons. The zero-order chi connectivity index (χ0) is 8.59. The maximum absolute atomic E-state index is 12.8. The minimum Gasteiger partial charge on any atom is -0.205 e. The van der Waals surface area contributed by atoms with Crippen molar-refractivity contribution < 1.29 is 8.78 Å². The van der Waals surface area contributed by atoms with Gasteiger partial charge in [-0.1, -0.05) is 11.6 Å². The van der Waals surface area contributed by atoms with Crippen molar-refractivity contribution in [3.8, 4) is 0 Å². The monoisotopic (exact) mass is 352 g/mol. The third-order valence-corrected chi connectivity index (χ3v) is 3.77. The Labute approximate surface area is 89.2 Å². The average molecular weight is 353 g/mol. The summed E-state index contributed by atoms with van der Waals surface area (Å²) >= 11 is 10.0. The van der Waals surface area contributed by atoms with Crippen LogP contribution in [0.2, 0.25) is 5.02 Å². The summed E-state index contributed by atoms with van der Waals surface area (Å²) in [6, 6.07) is 1.16. The van der Waals surface area contributed by atoms with Crippen LogP contribution < -0.4 is 0 Å². The number of hydrogen-bond acceptors (Lipinski definition) is 0. The molecular weight excluding hydrogens is 352 g/mol. The molecule has 0 nitrogen and oxygen atoms in total. The molecule has 1 aromatic carbocycles. The fourth-order valence-corrected chi connectivity index (χ4v) is 1.63. The standard InChI is InChI=1S/C6HBrClF2I/c7-4-3(11)1-2(9)5(8)6(4)10/h1H. The Kier molecular flexibility index (Phi) is 3.10. The number of rotatable bonds is 0. The molecule has 60 valence electrons. The molecule has 0 aliphatic carbocycles. The van der Waals surface area contributed by atoms with Crippen molar-refractivity contribution in [1.82, 2.24) is 0 Å². The van der Waals surface area contributed by atoms with Crippen LogP contribution in [0, 0.1) is 15.2 Å². The molecule has 0 aliphatic heterocycles. The van der Waals surface area contributed by atoms with Crippen molar-refractivity contribution in [1.29, 1.82) is 0 Å². The van der Waals surface area contributed by atoms with Crippen molar-refractivity contribution in [2.24, 2.45) is 0 Å². The van der Waals surface area contributed by atoms with Gasteiger partial charge in [-0.25, -0.2) is 8.78 Å². The van der Waals surface area contributed by atoms with Crippen LogP contribution in [0.15, 0.2) is 10.5 Å². The Hall–Kier alpha value is 0.580. The van der Waals surface area contributed by atoms with Crippen LogP contribution in [0.5, 0.6) is 0 Å². The van der Waals surface area contributed by atoms with Crippen molar-refractivity contribution in [3.63, 3.8) is 0 Å². The van der Waals surface area contributed by atoms with Gasteiger partial charge in [0.1, 0.15) is 10.8 Å². The molecular formula is C6HBrClF2I. The van der Waals surface area contributed by atoms with Crippen LogP contribution in [-0.2, 0) is 0 Å². The first-order valence-electron chi connectivity index (χ1n) is 2.52. The fraction of sp³-hybridized carbons (Fsp3) is 0. The third kappa shape index (κ3) is 1.84. The average Bonchev–Trinajstić information content (AvgIpc) is 1.97. The molecule has 0 amide bonds. The summed E-state index contributed by atoms with van der Waals surface area (Å²) in [5.74, 6) is -1.49. The van der Waals surface area contributed by atoms with E-state index in [0.717, 1.165) is 6.07 Å². The lowest BCUT2D eigenvalue weighted by atomic mass is 10.3. The van der Waals surface area contributed by atoms with Gasteiger partial charge in [0, 0.05) is 3.57 Å². The highest BCUT2D eigenvalue weighted by atomic mass is 127. The predicted octanol–water partition coefficient (Wildman–Crippen LogP) is 3.99. The molecule has 0 unspecified atom stereocenters. The van der Waals surface area contributed by atoms with E-state index >= 15 is 0 Å². The summed E-state index contributed by atoms with van der Waals surface area (Å²) in [5, 5.41) is -0.475. The molecule has 0 aliphatic rings. The SMILES string of the molecule is Fc1cc(I)c(Br)c(F)c1Cl. The number of halogens is 5. The highest BCUT2D eigenvalue weighted by molar-refractivity contribution is 14.1. The summed E-state index contributed by atoms with van der Waals surface area (Å²) in [5.41, 5.74) is 0. The highest BCUT2D eigenvalue weighted by Gasteiger charge is 2.13. The first-order chi connectivity index (χ1) is 5.04. The van der Waals surface area contributed by atoms with Crippen LogP contribution in [-0.4, -0.2) is 0 Å².